The predicted octanol–water partition coefficient (Wildman–Crippen LogP) is 4.98. The molecule has 7 heteroatoms. The number of hydrogen-bond acceptors (Lipinski definition) is 5. The lowest BCUT2D eigenvalue weighted by molar-refractivity contribution is -0.384. The van der Waals surface area contributed by atoms with Crippen LogP contribution in [0.3, 0.4) is 0 Å². The Morgan fingerprint density at radius 1 is 1.19 bits per heavy atom. The smallest absolute Gasteiger partial charge is 0.269 e. The number of rotatable bonds is 8. The van der Waals surface area contributed by atoms with Crippen LogP contribution in [0.25, 0.3) is 0 Å². The Balaban J connectivity index is 1.65. The Labute approximate surface area is 167 Å². The number of hydrogen-bond donors (Lipinski definition) is 1. The van der Waals surface area contributed by atoms with Crippen molar-refractivity contribution >= 4 is 21.6 Å². The minimum atomic E-state index is -0.414. The van der Waals surface area contributed by atoms with E-state index in [1.165, 1.54) is 37.8 Å². The zero-order chi connectivity index (χ0) is 19.2. The molecule has 1 saturated carbocycles. The van der Waals surface area contributed by atoms with Gasteiger partial charge in [-0.05, 0) is 48.2 Å². The number of methoxy groups -OCH3 is 1. The van der Waals surface area contributed by atoms with Crippen LogP contribution in [-0.2, 0) is 13.2 Å². The van der Waals surface area contributed by atoms with Gasteiger partial charge in [0.2, 0.25) is 0 Å². The van der Waals surface area contributed by atoms with E-state index in [4.69, 9.17) is 9.47 Å². The summed E-state index contributed by atoms with van der Waals surface area (Å²) in [5, 5.41) is 14.3. The molecule has 0 heterocycles. The first-order valence-corrected chi connectivity index (χ1v) is 9.82. The first kappa shape index (κ1) is 19.6. The van der Waals surface area contributed by atoms with Crippen LogP contribution in [0.4, 0.5) is 5.69 Å². The van der Waals surface area contributed by atoms with E-state index in [2.05, 4.69) is 21.2 Å². The molecule has 144 valence electrons. The molecule has 0 saturated heterocycles. The molecule has 0 aliphatic heterocycles. The monoisotopic (exact) mass is 434 g/mol. The largest absolute Gasteiger partial charge is 0.493 e. The average molecular weight is 435 g/mol. The van der Waals surface area contributed by atoms with Crippen LogP contribution < -0.4 is 14.8 Å². The number of non-ortho nitro benzene ring substituents is 1. The highest BCUT2D eigenvalue weighted by atomic mass is 79.9. The first-order chi connectivity index (χ1) is 13.1. The molecule has 0 aromatic heterocycles. The van der Waals surface area contributed by atoms with Crippen LogP contribution in [0.15, 0.2) is 40.9 Å². The van der Waals surface area contributed by atoms with E-state index in [1.807, 2.05) is 12.1 Å². The fourth-order valence-corrected chi connectivity index (χ4v) is 3.71. The molecule has 1 aliphatic rings. The highest BCUT2D eigenvalue weighted by molar-refractivity contribution is 9.10. The average Bonchev–Trinajstić information content (AvgIpc) is 3.19. The van der Waals surface area contributed by atoms with E-state index in [9.17, 15) is 10.1 Å². The van der Waals surface area contributed by atoms with Crippen molar-refractivity contribution in [2.45, 2.75) is 44.9 Å². The Morgan fingerprint density at radius 2 is 1.89 bits per heavy atom. The van der Waals surface area contributed by atoms with Gasteiger partial charge in [0.25, 0.3) is 5.69 Å². The van der Waals surface area contributed by atoms with E-state index in [0.717, 1.165) is 22.1 Å². The maximum Gasteiger partial charge on any atom is 0.269 e. The predicted molar refractivity (Wildman–Crippen MR) is 107 cm³/mol. The van der Waals surface area contributed by atoms with Crippen molar-refractivity contribution in [2.24, 2.45) is 0 Å². The van der Waals surface area contributed by atoms with Crippen molar-refractivity contribution in [1.82, 2.24) is 5.32 Å². The van der Waals surface area contributed by atoms with Crippen molar-refractivity contribution in [2.75, 3.05) is 7.11 Å². The van der Waals surface area contributed by atoms with Crippen molar-refractivity contribution in [1.29, 1.82) is 0 Å². The van der Waals surface area contributed by atoms with Gasteiger partial charge in [0.1, 0.15) is 6.61 Å². The van der Waals surface area contributed by atoms with E-state index < -0.39 is 4.92 Å². The van der Waals surface area contributed by atoms with Gasteiger partial charge in [-0.25, -0.2) is 0 Å². The minimum Gasteiger partial charge on any atom is -0.493 e. The summed E-state index contributed by atoms with van der Waals surface area (Å²) in [6.45, 7) is 1.09. The summed E-state index contributed by atoms with van der Waals surface area (Å²) in [6.07, 6.45) is 5.09. The second-order valence-electron chi connectivity index (χ2n) is 6.67. The molecule has 3 rings (SSSR count). The fourth-order valence-electron chi connectivity index (χ4n) is 3.24. The molecule has 0 atom stereocenters. The first-order valence-electron chi connectivity index (χ1n) is 9.02. The van der Waals surface area contributed by atoms with Crippen LogP contribution in [0.5, 0.6) is 11.5 Å². The van der Waals surface area contributed by atoms with Gasteiger partial charge in [0, 0.05) is 29.2 Å². The molecule has 6 nitrogen and oxygen atoms in total. The number of halogens is 1. The van der Waals surface area contributed by atoms with Gasteiger partial charge < -0.3 is 14.8 Å². The molecule has 2 aromatic carbocycles. The fraction of sp³-hybridized carbons (Fsp3) is 0.400. The third kappa shape index (κ3) is 5.20. The molecule has 1 fully saturated rings. The maximum atomic E-state index is 10.7. The molecule has 0 unspecified atom stereocenters. The standard InChI is InChI=1S/C20H23BrN2O4/c1-26-19-10-15(12-22-16-4-2-3-5-16)18(21)11-20(19)27-13-14-6-8-17(9-7-14)23(24)25/h6-11,16,22H,2-5,12-13H2,1H3. The number of nitrogens with one attached hydrogen (secondary N) is 1. The number of nitro groups is 1. The third-order valence-corrected chi connectivity index (χ3v) is 5.55. The summed E-state index contributed by atoms with van der Waals surface area (Å²) in [6, 6.07) is 10.8. The number of nitrogens with zero attached hydrogens (tertiary/aromatic N) is 1. The zero-order valence-corrected chi connectivity index (χ0v) is 16.8. The molecule has 2 aromatic rings. The van der Waals surface area contributed by atoms with Gasteiger partial charge in [-0.3, -0.25) is 10.1 Å². The van der Waals surface area contributed by atoms with Crippen LogP contribution in [0.2, 0.25) is 0 Å². The van der Waals surface area contributed by atoms with Crippen LogP contribution in [0, 0.1) is 10.1 Å². The summed E-state index contributed by atoms with van der Waals surface area (Å²) in [5.41, 5.74) is 2.05. The maximum absolute atomic E-state index is 10.7. The van der Waals surface area contributed by atoms with E-state index in [-0.39, 0.29) is 5.69 Å². The van der Waals surface area contributed by atoms with Gasteiger partial charge >= 0.3 is 0 Å². The van der Waals surface area contributed by atoms with E-state index >= 15 is 0 Å². The topological polar surface area (TPSA) is 73.6 Å². The summed E-state index contributed by atoms with van der Waals surface area (Å²) in [4.78, 5) is 10.3. The summed E-state index contributed by atoms with van der Waals surface area (Å²) in [5.74, 6) is 1.30. The molecule has 27 heavy (non-hydrogen) atoms. The van der Waals surface area contributed by atoms with Gasteiger partial charge in [-0.1, -0.05) is 28.8 Å². The second-order valence-corrected chi connectivity index (χ2v) is 7.52. The Morgan fingerprint density at radius 3 is 2.52 bits per heavy atom. The molecule has 0 spiro atoms. The molecule has 0 amide bonds. The Hall–Kier alpha value is -2.12. The van der Waals surface area contributed by atoms with Gasteiger partial charge in [0.05, 0.1) is 12.0 Å². The lowest BCUT2D eigenvalue weighted by Crippen LogP contribution is -2.25. The van der Waals surface area contributed by atoms with Crippen molar-refractivity contribution in [3.05, 3.63) is 62.1 Å². The highest BCUT2D eigenvalue weighted by Gasteiger charge is 2.16. The molecule has 0 bridgehead atoms. The van der Waals surface area contributed by atoms with Crippen molar-refractivity contribution in [3.63, 3.8) is 0 Å². The Kier molecular flexibility index (Phi) is 6.68. The lowest BCUT2D eigenvalue weighted by Gasteiger charge is -2.16. The quantitative estimate of drug-likeness (QED) is 0.468. The lowest BCUT2D eigenvalue weighted by atomic mass is 10.1. The number of ether oxygens (including phenoxy) is 2. The number of benzene rings is 2. The van der Waals surface area contributed by atoms with E-state index in [1.54, 1.807) is 19.2 Å². The Bertz CT molecular complexity index is 789. The zero-order valence-electron chi connectivity index (χ0n) is 15.2. The summed E-state index contributed by atoms with van der Waals surface area (Å²) >= 11 is 3.62. The molecule has 1 N–H and O–H groups in total. The highest BCUT2D eigenvalue weighted by Crippen LogP contribution is 2.34. The van der Waals surface area contributed by atoms with Crippen molar-refractivity contribution in [3.8, 4) is 11.5 Å². The summed E-state index contributed by atoms with van der Waals surface area (Å²) < 4.78 is 12.3. The van der Waals surface area contributed by atoms with Crippen LogP contribution in [0.1, 0.15) is 36.8 Å². The molecular weight excluding hydrogens is 412 g/mol. The third-order valence-electron chi connectivity index (χ3n) is 4.81. The summed E-state index contributed by atoms with van der Waals surface area (Å²) in [7, 11) is 1.62. The van der Waals surface area contributed by atoms with Gasteiger partial charge in [-0.2, -0.15) is 0 Å². The normalized spacial score (nSPS) is 14.3. The number of nitro benzene ring substituents is 1. The van der Waals surface area contributed by atoms with Gasteiger partial charge in [-0.15, -0.1) is 0 Å². The second kappa shape index (κ2) is 9.19. The van der Waals surface area contributed by atoms with Crippen molar-refractivity contribution < 1.29 is 14.4 Å². The minimum absolute atomic E-state index is 0.0678. The molecular formula is C20H23BrN2O4. The molecule has 0 radical (unpaired) electrons. The van der Waals surface area contributed by atoms with E-state index in [0.29, 0.717) is 24.1 Å². The van der Waals surface area contributed by atoms with Crippen LogP contribution in [-0.4, -0.2) is 18.1 Å². The van der Waals surface area contributed by atoms with Crippen LogP contribution >= 0.6 is 15.9 Å². The van der Waals surface area contributed by atoms with Gasteiger partial charge in [0.15, 0.2) is 11.5 Å². The molecule has 1 aliphatic carbocycles. The SMILES string of the molecule is COc1cc(CNC2CCCC2)c(Br)cc1OCc1ccc([N+](=O)[O-])cc1.